The quantitative estimate of drug-likeness (QED) is 0.677. The van der Waals surface area contributed by atoms with Crippen LogP contribution in [0.25, 0.3) is 5.70 Å². The zero-order valence-corrected chi connectivity index (χ0v) is 20.9. The molecule has 38 heavy (non-hydrogen) atoms. The molecule has 3 amide bonds. The Hall–Kier alpha value is -4.17. The number of fused-ring (bicyclic) bond motifs is 2. The number of hydrogen-bond donors (Lipinski definition) is 1. The van der Waals surface area contributed by atoms with E-state index in [1.54, 1.807) is 15.9 Å². The summed E-state index contributed by atoms with van der Waals surface area (Å²) in [6.07, 6.45) is 9.32. The molecule has 1 atom stereocenters. The van der Waals surface area contributed by atoms with E-state index in [1.807, 2.05) is 60.7 Å². The first-order chi connectivity index (χ1) is 18.5. The minimum absolute atomic E-state index is 0.00554. The molecule has 4 aliphatic rings. The first-order valence-corrected chi connectivity index (χ1v) is 13.0. The molecular formula is C30H28N4O4. The number of hydrogen-bond acceptors (Lipinski definition) is 5. The molecule has 0 spiro atoms. The normalized spacial score (nSPS) is 20.7. The average Bonchev–Trinajstić information content (AvgIpc) is 3.38. The first kappa shape index (κ1) is 24.2. The maximum Gasteiger partial charge on any atom is 0.276 e. The van der Waals surface area contributed by atoms with Gasteiger partial charge in [0, 0.05) is 36.4 Å². The van der Waals surface area contributed by atoms with Crippen LogP contribution in [0.2, 0.25) is 0 Å². The van der Waals surface area contributed by atoms with Crippen LogP contribution in [0.1, 0.15) is 39.9 Å². The molecule has 3 heterocycles. The van der Waals surface area contributed by atoms with Crippen molar-refractivity contribution < 1.29 is 19.5 Å². The van der Waals surface area contributed by atoms with Crippen molar-refractivity contribution in [3.05, 3.63) is 94.6 Å². The summed E-state index contributed by atoms with van der Waals surface area (Å²) >= 11 is 0. The van der Waals surface area contributed by atoms with Gasteiger partial charge in [-0.1, -0.05) is 48.6 Å². The summed E-state index contributed by atoms with van der Waals surface area (Å²) in [5.41, 5.74) is 5.74. The summed E-state index contributed by atoms with van der Waals surface area (Å²) in [5.74, 6) is -0.674. The van der Waals surface area contributed by atoms with E-state index in [0.29, 0.717) is 50.2 Å². The van der Waals surface area contributed by atoms with E-state index in [2.05, 4.69) is 10.2 Å². The van der Waals surface area contributed by atoms with Gasteiger partial charge in [-0.05, 0) is 54.2 Å². The van der Waals surface area contributed by atoms with Crippen molar-refractivity contribution in [1.82, 2.24) is 4.90 Å². The molecule has 0 bridgehead atoms. The van der Waals surface area contributed by atoms with Gasteiger partial charge in [0.1, 0.15) is 0 Å². The lowest BCUT2D eigenvalue weighted by molar-refractivity contribution is -0.120. The lowest BCUT2D eigenvalue weighted by atomic mass is 9.89. The number of amides is 3. The number of carbonyl (C=O) groups is 3. The van der Waals surface area contributed by atoms with Gasteiger partial charge in [-0.3, -0.25) is 14.4 Å². The van der Waals surface area contributed by atoms with E-state index in [4.69, 9.17) is 0 Å². The molecule has 192 valence electrons. The summed E-state index contributed by atoms with van der Waals surface area (Å²) in [4.78, 5) is 41.8. The second-order valence-electron chi connectivity index (χ2n) is 10.1. The third kappa shape index (κ3) is 4.52. The van der Waals surface area contributed by atoms with E-state index in [9.17, 15) is 19.5 Å². The van der Waals surface area contributed by atoms with Gasteiger partial charge in [0.25, 0.3) is 11.8 Å². The fourth-order valence-corrected chi connectivity index (χ4v) is 5.52. The molecule has 1 fully saturated rings. The number of likely N-dealkylation sites (tertiary alicyclic amines) is 1. The predicted octanol–water partition coefficient (Wildman–Crippen LogP) is 3.86. The highest BCUT2D eigenvalue weighted by Gasteiger charge is 2.29. The zero-order valence-electron chi connectivity index (χ0n) is 20.9. The Kier molecular flexibility index (Phi) is 6.33. The van der Waals surface area contributed by atoms with E-state index < -0.39 is 5.92 Å². The van der Waals surface area contributed by atoms with Crippen LogP contribution < -0.4 is 4.90 Å². The second-order valence-corrected chi connectivity index (χ2v) is 10.1. The third-order valence-corrected chi connectivity index (χ3v) is 7.67. The van der Waals surface area contributed by atoms with Crippen molar-refractivity contribution in [2.24, 2.45) is 16.1 Å². The Labute approximate surface area is 220 Å². The summed E-state index contributed by atoms with van der Waals surface area (Å²) < 4.78 is 0. The highest BCUT2D eigenvalue weighted by Crippen LogP contribution is 2.34. The number of piperidine rings is 1. The maximum atomic E-state index is 13.2. The van der Waals surface area contributed by atoms with Gasteiger partial charge in [0.15, 0.2) is 0 Å². The van der Waals surface area contributed by atoms with Crippen LogP contribution in [0.4, 0.5) is 5.69 Å². The van der Waals surface area contributed by atoms with Gasteiger partial charge in [-0.2, -0.15) is 0 Å². The highest BCUT2D eigenvalue weighted by atomic mass is 16.3. The van der Waals surface area contributed by atoms with Crippen molar-refractivity contribution in [3.8, 4) is 0 Å². The molecule has 0 radical (unpaired) electrons. The predicted molar refractivity (Wildman–Crippen MR) is 142 cm³/mol. The van der Waals surface area contributed by atoms with Gasteiger partial charge >= 0.3 is 0 Å². The monoisotopic (exact) mass is 508 g/mol. The van der Waals surface area contributed by atoms with Crippen molar-refractivity contribution in [2.45, 2.75) is 31.8 Å². The number of azo groups is 1. The summed E-state index contributed by atoms with van der Waals surface area (Å²) in [6, 6.07) is 13.2. The largest absolute Gasteiger partial charge is 0.393 e. The number of benzene rings is 2. The van der Waals surface area contributed by atoms with Gasteiger partial charge < -0.3 is 14.9 Å². The second kappa shape index (κ2) is 9.95. The highest BCUT2D eigenvalue weighted by molar-refractivity contribution is 5.99. The number of anilines is 1. The molecule has 6 rings (SSSR count). The number of carbonyl (C=O) groups excluding carboxylic acids is 3. The van der Waals surface area contributed by atoms with Gasteiger partial charge in [-0.15, -0.1) is 10.2 Å². The van der Waals surface area contributed by atoms with Gasteiger partial charge in [-0.25, -0.2) is 0 Å². The molecule has 1 N–H and O–H groups in total. The number of aliphatic hydroxyl groups is 1. The number of aliphatic hydroxyl groups excluding tert-OH is 1. The SMILES string of the molecule is O=C1N=NC(c2ccc(CC(=O)N3CCc4cc(C(=O)N5CCC(O)CC5)ccc43)cc2)=C2C=CC=CC12. The van der Waals surface area contributed by atoms with Crippen LogP contribution >= 0.6 is 0 Å². The van der Waals surface area contributed by atoms with Crippen LogP contribution in [0.15, 0.2) is 82.6 Å². The Balaban J connectivity index is 1.14. The van der Waals surface area contributed by atoms with E-state index in [1.165, 1.54) is 0 Å². The molecular weight excluding hydrogens is 480 g/mol. The Bertz CT molecular complexity index is 1430. The summed E-state index contributed by atoms with van der Waals surface area (Å²) in [7, 11) is 0. The molecule has 8 nitrogen and oxygen atoms in total. The molecule has 8 heteroatoms. The van der Waals surface area contributed by atoms with Crippen LogP contribution in [0.3, 0.4) is 0 Å². The third-order valence-electron chi connectivity index (χ3n) is 7.67. The molecule has 0 saturated carbocycles. The molecule has 1 aliphatic carbocycles. The molecule has 2 aromatic rings. The van der Waals surface area contributed by atoms with Crippen molar-refractivity contribution in [3.63, 3.8) is 0 Å². The number of nitrogens with zero attached hydrogens (tertiary/aromatic N) is 4. The van der Waals surface area contributed by atoms with Crippen molar-refractivity contribution in [1.29, 1.82) is 0 Å². The molecule has 0 aromatic heterocycles. The fourth-order valence-electron chi connectivity index (χ4n) is 5.52. The summed E-state index contributed by atoms with van der Waals surface area (Å²) in [6.45, 7) is 1.72. The van der Waals surface area contributed by atoms with Crippen LogP contribution in [-0.4, -0.2) is 53.5 Å². The van der Waals surface area contributed by atoms with E-state index in [-0.39, 0.29) is 30.2 Å². The number of allylic oxidation sites excluding steroid dienone is 3. The fraction of sp³-hybridized carbons (Fsp3) is 0.300. The van der Waals surface area contributed by atoms with Crippen molar-refractivity contribution >= 4 is 29.1 Å². The Morgan fingerprint density at radius 3 is 2.55 bits per heavy atom. The Morgan fingerprint density at radius 2 is 1.76 bits per heavy atom. The minimum atomic E-state index is -0.396. The lowest BCUT2D eigenvalue weighted by Gasteiger charge is -2.29. The topological polar surface area (TPSA) is 103 Å². The van der Waals surface area contributed by atoms with Crippen LogP contribution in [0.5, 0.6) is 0 Å². The average molecular weight is 509 g/mol. The smallest absolute Gasteiger partial charge is 0.276 e. The summed E-state index contributed by atoms with van der Waals surface area (Å²) in [5, 5.41) is 17.7. The van der Waals surface area contributed by atoms with Gasteiger partial charge in [0.05, 0.1) is 24.1 Å². The van der Waals surface area contributed by atoms with Crippen molar-refractivity contribution in [2.75, 3.05) is 24.5 Å². The standard InChI is InChI=1S/C30H28N4O4/c35-23-12-14-33(15-13-23)30(38)22-9-10-26-21(18-22)11-16-34(26)27(36)17-19-5-7-20(8-6-19)28-24-3-1-2-4-25(24)29(37)32-31-28/h1-10,18,23,25,35H,11-17H2. The molecule has 3 aliphatic heterocycles. The van der Waals surface area contributed by atoms with E-state index in [0.717, 1.165) is 28.0 Å². The molecule has 2 aromatic carbocycles. The molecule has 1 saturated heterocycles. The first-order valence-electron chi connectivity index (χ1n) is 13.0. The number of rotatable bonds is 4. The van der Waals surface area contributed by atoms with Gasteiger partial charge in [0.2, 0.25) is 5.91 Å². The molecule has 1 unspecified atom stereocenters. The Morgan fingerprint density at radius 1 is 0.974 bits per heavy atom. The zero-order chi connectivity index (χ0) is 26.2. The maximum absolute atomic E-state index is 13.2. The van der Waals surface area contributed by atoms with E-state index >= 15 is 0 Å². The lowest BCUT2D eigenvalue weighted by Crippen LogP contribution is -2.40. The van der Waals surface area contributed by atoms with Crippen LogP contribution in [-0.2, 0) is 22.4 Å². The van der Waals surface area contributed by atoms with Crippen LogP contribution in [0, 0.1) is 5.92 Å². The minimum Gasteiger partial charge on any atom is -0.393 e.